The Bertz CT molecular complexity index is 765. The summed E-state index contributed by atoms with van der Waals surface area (Å²) in [4.78, 5) is 14.3. The molecule has 1 aromatic heterocycles. The minimum atomic E-state index is -4.48. The van der Waals surface area contributed by atoms with Crippen LogP contribution in [0.15, 0.2) is 28.8 Å². The maximum absolute atomic E-state index is 13.1. The van der Waals surface area contributed by atoms with Gasteiger partial charge in [-0.25, -0.2) is 0 Å². The van der Waals surface area contributed by atoms with Crippen molar-refractivity contribution < 1.29 is 22.5 Å². The predicted molar refractivity (Wildman–Crippen MR) is 86.7 cm³/mol. The number of carbonyl (C=O) groups is 1. The molecule has 5 nitrogen and oxygen atoms in total. The molecule has 1 aliphatic heterocycles. The molecule has 3 rings (SSSR count). The van der Waals surface area contributed by atoms with Gasteiger partial charge in [0.1, 0.15) is 0 Å². The minimum Gasteiger partial charge on any atom is -0.370 e. The van der Waals surface area contributed by atoms with Crippen molar-refractivity contribution in [3.8, 4) is 0 Å². The third-order valence-electron chi connectivity index (χ3n) is 4.12. The van der Waals surface area contributed by atoms with Crippen LogP contribution in [0.3, 0.4) is 0 Å². The van der Waals surface area contributed by atoms with E-state index in [1.54, 1.807) is 6.92 Å². The number of amides is 1. The summed E-state index contributed by atoms with van der Waals surface area (Å²) in [6.07, 6.45) is -1.45. The summed E-state index contributed by atoms with van der Waals surface area (Å²) in [6, 6.07) is 4.85. The Labute approximate surface area is 142 Å². The van der Waals surface area contributed by atoms with E-state index < -0.39 is 17.6 Å². The van der Waals surface area contributed by atoms with Crippen molar-refractivity contribution in [3.05, 3.63) is 41.3 Å². The van der Waals surface area contributed by atoms with Gasteiger partial charge in [-0.15, -0.1) is 0 Å². The van der Waals surface area contributed by atoms with Crippen molar-refractivity contribution in [1.29, 1.82) is 0 Å². The second kappa shape index (κ2) is 6.78. The number of alkyl halides is 3. The number of halogens is 3. The van der Waals surface area contributed by atoms with Crippen LogP contribution in [0.4, 0.5) is 24.5 Å². The highest BCUT2D eigenvalue weighted by Gasteiger charge is 2.32. The van der Waals surface area contributed by atoms with E-state index in [1.807, 2.05) is 4.90 Å². The largest absolute Gasteiger partial charge is 0.416 e. The fourth-order valence-electron chi connectivity index (χ4n) is 2.88. The molecule has 1 fully saturated rings. The monoisotopic (exact) mass is 353 g/mol. The van der Waals surface area contributed by atoms with Crippen molar-refractivity contribution in [3.63, 3.8) is 0 Å². The maximum atomic E-state index is 13.1. The van der Waals surface area contributed by atoms with Gasteiger partial charge >= 0.3 is 6.18 Å². The van der Waals surface area contributed by atoms with Gasteiger partial charge in [-0.05, 0) is 44.4 Å². The zero-order chi connectivity index (χ0) is 18.0. The van der Waals surface area contributed by atoms with Crippen molar-refractivity contribution >= 4 is 17.3 Å². The summed E-state index contributed by atoms with van der Waals surface area (Å²) in [5.74, 6) is -0.669. The number of aromatic nitrogens is 1. The summed E-state index contributed by atoms with van der Waals surface area (Å²) < 4.78 is 44.0. The standard InChI is InChI=1S/C17H18F3N3O2/c1-11-9-15(25-22-11)16(24)21-13-10-12(17(18,19)20)5-6-14(13)23-7-3-2-4-8-23/h5-6,9-10H,2-4,7-8H2,1H3,(H,21,24). The predicted octanol–water partition coefficient (Wildman–Crippen LogP) is 4.24. The fraction of sp³-hybridized carbons (Fsp3) is 0.412. The SMILES string of the molecule is Cc1cc(C(=O)Nc2cc(C(F)(F)F)ccc2N2CCCCC2)on1. The van der Waals surface area contributed by atoms with Gasteiger partial charge in [0.25, 0.3) is 5.91 Å². The third kappa shape index (κ3) is 3.94. The topological polar surface area (TPSA) is 58.4 Å². The normalized spacial score (nSPS) is 15.3. The fourth-order valence-corrected chi connectivity index (χ4v) is 2.88. The first kappa shape index (κ1) is 17.3. The van der Waals surface area contributed by atoms with E-state index >= 15 is 0 Å². The molecule has 1 saturated heterocycles. The zero-order valence-electron chi connectivity index (χ0n) is 13.7. The van der Waals surface area contributed by atoms with Gasteiger partial charge in [-0.2, -0.15) is 13.2 Å². The van der Waals surface area contributed by atoms with Crippen LogP contribution < -0.4 is 10.2 Å². The number of nitrogens with one attached hydrogen (secondary N) is 1. The third-order valence-corrected chi connectivity index (χ3v) is 4.12. The highest BCUT2D eigenvalue weighted by molar-refractivity contribution is 6.04. The van der Waals surface area contributed by atoms with E-state index in [0.29, 0.717) is 11.4 Å². The van der Waals surface area contributed by atoms with Gasteiger partial charge in [-0.1, -0.05) is 5.16 Å². The summed E-state index contributed by atoms with van der Waals surface area (Å²) in [5, 5.41) is 6.16. The van der Waals surface area contributed by atoms with Crippen LogP contribution in [0.2, 0.25) is 0 Å². The number of anilines is 2. The Morgan fingerprint density at radius 1 is 1.20 bits per heavy atom. The van der Waals surface area contributed by atoms with Crippen molar-refractivity contribution in [2.24, 2.45) is 0 Å². The van der Waals surface area contributed by atoms with Crippen LogP contribution in [-0.2, 0) is 6.18 Å². The average molecular weight is 353 g/mol. The number of aryl methyl sites for hydroxylation is 1. The number of rotatable bonds is 3. The Kier molecular flexibility index (Phi) is 4.69. The van der Waals surface area contributed by atoms with Gasteiger partial charge in [0.15, 0.2) is 0 Å². The van der Waals surface area contributed by atoms with E-state index in [4.69, 9.17) is 4.52 Å². The summed E-state index contributed by atoms with van der Waals surface area (Å²) in [6.45, 7) is 3.15. The van der Waals surface area contributed by atoms with Crippen molar-refractivity contribution in [2.45, 2.75) is 32.4 Å². The first-order chi connectivity index (χ1) is 11.8. The molecule has 0 bridgehead atoms. The molecular formula is C17H18F3N3O2. The minimum absolute atomic E-state index is 0.0421. The van der Waals surface area contributed by atoms with Gasteiger partial charge in [0.2, 0.25) is 5.76 Å². The van der Waals surface area contributed by atoms with E-state index in [2.05, 4.69) is 10.5 Å². The van der Waals surface area contributed by atoms with Crippen LogP contribution in [-0.4, -0.2) is 24.2 Å². The molecule has 0 aliphatic carbocycles. The summed E-state index contributed by atoms with van der Waals surface area (Å²) >= 11 is 0. The molecule has 1 aliphatic rings. The molecule has 134 valence electrons. The van der Waals surface area contributed by atoms with E-state index in [-0.39, 0.29) is 11.4 Å². The lowest BCUT2D eigenvalue weighted by atomic mass is 10.1. The quantitative estimate of drug-likeness (QED) is 0.896. The molecule has 1 N–H and O–H groups in total. The highest BCUT2D eigenvalue weighted by atomic mass is 19.4. The number of piperidine rings is 1. The number of hydrogen-bond acceptors (Lipinski definition) is 4. The smallest absolute Gasteiger partial charge is 0.370 e. The lowest BCUT2D eigenvalue weighted by molar-refractivity contribution is -0.137. The van der Waals surface area contributed by atoms with Crippen LogP contribution in [0.1, 0.15) is 41.1 Å². The summed E-state index contributed by atoms with van der Waals surface area (Å²) in [5.41, 5.74) is 0.413. The zero-order valence-corrected chi connectivity index (χ0v) is 13.7. The number of nitrogens with zero attached hydrogens (tertiary/aromatic N) is 2. The van der Waals surface area contributed by atoms with Crippen LogP contribution in [0.25, 0.3) is 0 Å². The highest BCUT2D eigenvalue weighted by Crippen LogP contribution is 2.36. The molecule has 0 atom stereocenters. The number of carbonyl (C=O) groups excluding carboxylic acids is 1. The number of hydrogen-bond donors (Lipinski definition) is 1. The second-order valence-electron chi connectivity index (χ2n) is 6.06. The van der Waals surface area contributed by atoms with E-state index in [1.165, 1.54) is 12.1 Å². The molecule has 1 aromatic carbocycles. The lowest BCUT2D eigenvalue weighted by Crippen LogP contribution is -2.30. The molecule has 25 heavy (non-hydrogen) atoms. The van der Waals surface area contributed by atoms with Crippen LogP contribution in [0, 0.1) is 6.92 Å². The molecular weight excluding hydrogens is 335 g/mol. The molecule has 2 heterocycles. The Morgan fingerprint density at radius 2 is 1.92 bits per heavy atom. The molecule has 1 amide bonds. The van der Waals surface area contributed by atoms with Crippen LogP contribution in [0.5, 0.6) is 0 Å². The Hall–Kier alpha value is -2.51. The lowest BCUT2D eigenvalue weighted by Gasteiger charge is -2.31. The first-order valence-electron chi connectivity index (χ1n) is 8.05. The molecule has 0 unspecified atom stereocenters. The van der Waals surface area contributed by atoms with Gasteiger partial charge in [0, 0.05) is 19.2 Å². The molecule has 0 spiro atoms. The number of benzene rings is 1. The second-order valence-corrected chi connectivity index (χ2v) is 6.06. The average Bonchev–Trinajstić information content (AvgIpc) is 3.01. The first-order valence-corrected chi connectivity index (χ1v) is 8.05. The van der Waals surface area contributed by atoms with Gasteiger partial charge < -0.3 is 14.7 Å². The molecule has 0 radical (unpaired) electrons. The molecule has 8 heteroatoms. The van der Waals surface area contributed by atoms with Crippen LogP contribution >= 0.6 is 0 Å². The van der Waals surface area contributed by atoms with E-state index in [9.17, 15) is 18.0 Å². The maximum Gasteiger partial charge on any atom is 0.416 e. The Morgan fingerprint density at radius 3 is 2.52 bits per heavy atom. The van der Waals surface area contributed by atoms with Gasteiger partial charge in [0.05, 0.1) is 22.6 Å². The molecule has 0 saturated carbocycles. The Balaban J connectivity index is 1.93. The van der Waals surface area contributed by atoms with E-state index in [0.717, 1.165) is 44.5 Å². The summed E-state index contributed by atoms with van der Waals surface area (Å²) in [7, 11) is 0. The van der Waals surface area contributed by atoms with Gasteiger partial charge in [-0.3, -0.25) is 4.79 Å². The van der Waals surface area contributed by atoms with Crippen molar-refractivity contribution in [1.82, 2.24) is 5.16 Å². The molecule has 2 aromatic rings. The van der Waals surface area contributed by atoms with Crippen molar-refractivity contribution in [2.75, 3.05) is 23.3 Å².